The van der Waals surface area contributed by atoms with Gasteiger partial charge in [-0.15, -0.1) is 0 Å². The number of hydrogen-bond donors (Lipinski definition) is 2. The van der Waals surface area contributed by atoms with Gasteiger partial charge in [0, 0.05) is 30.7 Å². The van der Waals surface area contributed by atoms with Crippen molar-refractivity contribution < 1.29 is 14.6 Å². The molecule has 0 aliphatic rings. The Kier molecular flexibility index (Phi) is 4.38. The van der Waals surface area contributed by atoms with Gasteiger partial charge >= 0.3 is 12.0 Å². The number of nitrogens with zero attached hydrogens (tertiary/aromatic N) is 2. The van der Waals surface area contributed by atoms with E-state index < -0.39 is 5.97 Å². The number of anilines is 1. The van der Waals surface area contributed by atoms with Crippen LogP contribution in [-0.2, 0) is 0 Å². The average molecular weight is 321 g/mol. The van der Waals surface area contributed by atoms with Crippen molar-refractivity contribution in [3.8, 4) is 22.9 Å². The monoisotopic (exact) mass is 321 g/mol. The van der Waals surface area contributed by atoms with Gasteiger partial charge in [-0.1, -0.05) is 12.1 Å². The molecule has 0 aliphatic heterocycles. The van der Waals surface area contributed by atoms with E-state index in [9.17, 15) is 4.79 Å². The van der Waals surface area contributed by atoms with Gasteiger partial charge in [-0.25, -0.2) is 14.8 Å². The van der Waals surface area contributed by atoms with E-state index in [4.69, 9.17) is 9.84 Å². The molecule has 0 spiro atoms. The lowest BCUT2D eigenvalue weighted by molar-refractivity contribution is 0.0697. The molecule has 2 N–H and O–H groups in total. The Bertz CT molecular complexity index is 829. The summed E-state index contributed by atoms with van der Waals surface area (Å²) < 4.78 is 5.52. The van der Waals surface area contributed by atoms with Crippen LogP contribution in [0.1, 0.15) is 10.4 Å². The molecule has 2 aromatic carbocycles. The van der Waals surface area contributed by atoms with Crippen molar-refractivity contribution in [3.63, 3.8) is 0 Å². The van der Waals surface area contributed by atoms with Crippen molar-refractivity contribution in [2.45, 2.75) is 0 Å². The fraction of sp³-hybridized carbons (Fsp3) is 0.0556. The van der Waals surface area contributed by atoms with E-state index in [1.807, 2.05) is 31.3 Å². The third-order valence-corrected chi connectivity index (χ3v) is 3.45. The summed E-state index contributed by atoms with van der Waals surface area (Å²) in [4.78, 5) is 19.2. The molecular weight excluding hydrogens is 306 g/mol. The maximum Gasteiger partial charge on any atom is 0.335 e. The van der Waals surface area contributed by atoms with Gasteiger partial charge in [-0.3, -0.25) is 0 Å². The minimum atomic E-state index is -0.980. The number of aromatic nitrogens is 2. The highest BCUT2D eigenvalue weighted by molar-refractivity contribution is 5.87. The summed E-state index contributed by atoms with van der Waals surface area (Å²) in [6.45, 7) is 0. The van der Waals surface area contributed by atoms with Gasteiger partial charge in [0.05, 0.1) is 5.56 Å². The van der Waals surface area contributed by atoms with Gasteiger partial charge in [-0.2, -0.15) is 0 Å². The zero-order chi connectivity index (χ0) is 16.9. The molecule has 3 rings (SSSR count). The molecule has 0 aliphatic carbocycles. The summed E-state index contributed by atoms with van der Waals surface area (Å²) in [6.07, 6.45) is 3.37. The Morgan fingerprint density at radius 1 is 0.958 bits per heavy atom. The molecule has 0 radical (unpaired) electrons. The number of carboxylic acid groups (broad SMARTS) is 1. The van der Waals surface area contributed by atoms with Gasteiger partial charge in [0.1, 0.15) is 5.75 Å². The maximum absolute atomic E-state index is 10.8. The zero-order valence-corrected chi connectivity index (χ0v) is 12.9. The summed E-state index contributed by atoms with van der Waals surface area (Å²) >= 11 is 0. The molecule has 0 bridgehead atoms. The Hall–Kier alpha value is -3.41. The van der Waals surface area contributed by atoms with Gasteiger partial charge in [0.15, 0.2) is 0 Å². The van der Waals surface area contributed by atoms with Crippen LogP contribution in [0.25, 0.3) is 11.1 Å². The lowest BCUT2D eigenvalue weighted by atomic mass is 10.1. The standard InChI is InChI=1S/C18H15N3O3/c1-19-15-6-2-12(3-7-15)14-10-20-18(21-11-14)24-16-8-4-13(5-9-16)17(22)23/h2-11,19H,1H3,(H,22,23). The van der Waals surface area contributed by atoms with E-state index in [2.05, 4.69) is 15.3 Å². The normalized spacial score (nSPS) is 10.2. The Balaban J connectivity index is 1.72. The molecule has 3 aromatic rings. The summed E-state index contributed by atoms with van der Waals surface area (Å²) in [5.41, 5.74) is 3.12. The molecule has 0 fully saturated rings. The smallest absolute Gasteiger partial charge is 0.335 e. The predicted octanol–water partition coefficient (Wildman–Crippen LogP) is 3.68. The number of carboxylic acids is 1. The highest BCUT2D eigenvalue weighted by atomic mass is 16.5. The molecule has 6 nitrogen and oxygen atoms in total. The van der Waals surface area contributed by atoms with E-state index in [0.717, 1.165) is 16.8 Å². The third kappa shape index (κ3) is 3.49. The summed E-state index contributed by atoms with van der Waals surface area (Å²) in [5.74, 6) is -0.502. The number of hydrogen-bond acceptors (Lipinski definition) is 5. The fourth-order valence-corrected chi connectivity index (χ4v) is 2.12. The SMILES string of the molecule is CNc1ccc(-c2cnc(Oc3ccc(C(=O)O)cc3)nc2)cc1. The first-order chi connectivity index (χ1) is 11.7. The van der Waals surface area contributed by atoms with Crippen LogP contribution in [0.15, 0.2) is 60.9 Å². The molecule has 1 heterocycles. The van der Waals surface area contributed by atoms with Crippen LogP contribution in [0.5, 0.6) is 11.8 Å². The van der Waals surface area contributed by atoms with Crippen LogP contribution in [0, 0.1) is 0 Å². The van der Waals surface area contributed by atoms with Gasteiger partial charge in [0.25, 0.3) is 0 Å². The van der Waals surface area contributed by atoms with Crippen LogP contribution < -0.4 is 10.1 Å². The predicted molar refractivity (Wildman–Crippen MR) is 90.5 cm³/mol. The van der Waals surface area contributed by atoms with Gasteiger partial charge in [-0.05, 0) is 42.0 Å². The van der Waals surface area contributed by atoms with E-state index in [0.29, 0.717) is 5.75 Å². The lowest BCUT2D eigenvalue weighted by Crippen LogP contribution is -1.96. The Labute approximate surface area is 138 Å². The van der Waals surface area contributed by atoms with Crippen LogP contribution in [-0.4, -0.2) is 28.1 Å². The first kappa shape index (κ1) is 15.5. The topological polar surface area (TPSA) is 84.3 Å². The maximum atomic E-state index is 10.8. The number of rotatable bonds is 5. The summed E-state index contributed by atoms with van der Waals surface area (Å²) in [5, 5.41) is 11.9. The molecule has 1 aromatic heterocycles. The average Bonchev–Trinajstić information content (AvgIpc) is 2.63. The van der Waals surface area contributed by atoms with Crippen LogP contribution in [0.2, 0.25) is 0 Å². The molecule has 0 amide bonds. The second-order valence-electron chi connectivity index (χ2n) is 5.01. The second-order valence-corrected chi connectivity index (χ2v) is 5.01. The summed E-state index contributed by atoms with van der Waals surface area (Å²) in [6, 6.07) is 14.2. The quantitative estimate of drug-likeness (QED) is 0.746. The molecule has 0 unspecified atom stereocenters. The van der Waals surface area contributed by atoms with Crippen LogP contribution >= 0.6 is 0 Å². The highest BCUT2D eigenvalue weighted by Crippen LogP contribution is 2.23. The zero-order valence-electron chi connectivity index (χ0n) is 12.9. The first-order valence-electron chi connectivity index (χ1n) is 7.27. The van der Waals surface area contributed by atoms with E-state index in [-0.39, 0.29) is 11.6 Å². The third-order valence-electron chi connectivity index (χ3n) is 3.45. The fourth-order valence-electron chi connectivity index (χ4n) is 2.12. The van der Waals surface area contributed by atoms with Crippen molar-refractivity contribution in [2.24, 2.45) is 0 Å². The first-order valence-corrected chi connectivity index (χ1v) is 7.27. The molecule has 120 valence electrons. The van der Waals surface area contributed by atoms with E-state index >= 15 is 0 Å². The highest BCUT2D eigenvalue weighted by Gasteiger charge is 2.05. The number of carbonyl (C=O) groups is 1. The van der Waals surface area contributed by atoms with Crippen LogP contribution in [0.4, 0.5) is 5.69 Å². The van der Waals surface area contributed by atoms with Gasteiger partial charge < -0.3 is 15.2 Å². The van der Waals surface area contributed by atoms with Crippen molar-refractivity contribution in [3.05, 3.63) is 66.5 Å². The second kappa shape index (κ2) is 6.78. The lowest BCUT2D eigenvalue weighted by Gasteiger charge is -2.06. The molecule has 6 heteroatoms. The molecule has 0 saturated heterocycles. The molecular formula is C18H15N3O3. The number of ether oxygens (including phenoxy) is 1. The van der Waals surface area contributed by atoms with Crippen LogP contribution in [0.3, 0.4) is 0 Å². The molecule has 24 heavy (non-hydrogen) atoms. The number of benzene rings is 2. The van der Waals surface area contributed by atoms with Crippen molar-refractivity contribution in [1.29, 1.82) is 0 Å². The van der Waals surface area contributed by atoms with E-state index in [1.54, 1.807) is 24.5 Å². The largest absolute Gasteiger partial charge is 0.478 e. The van der Waals surface area contributed by atoms with E-state index in [1.165, 1.54) is 12.1 Å². The Morgan fingerprint density at radius 3 is 2.12 bits per heavy atom. The summed E-state index contributed by atoms with van der Waals surface area (Å²) in [7, 11) is 1.87. The molecule has 0 atom stereocenters. The van der Waals surface area contributed by atoms with Gasteiger partial charge in [0.2, 0.25) is 0 Å². The van der Waals surface area contributed by atoms with Crippen molar-refractivity contribution in [1.82, 2.24) is 9.97 Å². The number of nitrogens with one attached hydrogen (secondary N) is 1. The van der Waals surface area contributed by atoms with Crippen molar-refractivity contribution in [2.75, 3.05) is 12.4 Å². The number of aromatic carboxylic acids is 1. The minimum absolute atomic E-state index is 0.198. The minimum Gasteiger partial charge on any atom is -0.478 e. The Morgan fingerprint density at radius 2 is 1.58 bits per heavy atom. The van der Waals surface area contributed by atoms with Crippen molar-refractivity contribution >= 4 is 11.7 Å². The molecule has 0 saturated carbocycles.